The first-order chi connectivity index (χ1) is 9.38. The minimum Gasteiger partial charge on any atom is -0.419 e. The van der Waals surface area contributed by atoms with Gasteiger partial charge in [0.25, 0.3) is 0 Å². The predicted molar refractivity (Wildman–Crippen MR) is 81.5 cm³/mol. The minimum absolute atomic E-state index is 0.737. The maximum atomic E-state index is 4.95. The average molecular weight is 263 g/mol. The summed E-state index contributed by atoms with van der Waals surface area (Å²) < 4.78 is 4.95. The Bertz CT molecular complexity index is 706. The first-order valence-electron chi connectivity index (χ1n) is 6.57. The number of aryl methyl sites for hydroxylation is 1. The minimum atomic E-state index is 0.737. The second-order valence-electron chi connectivity index (χ2n) is 4.79. The van der Waals surface area contributed by atoms with Crippen molar-refractivity contribution in [3.05, 3.63) is 60.2 Å². The third-order valence-corrected chi connectivity index (χ3v) is 3.73. The van der Waals surface area contributed by atoms with Gasteiger partial charge in [0.15, 0.2) is 0 Å². The molecule has 19 heavy (non-hydrogen) atoms. The molecule has 1 nitrogen and oxygen atoms in total. The van der Waals surface area contributed by atoms with Crippen molar-refractivity contribution in [1.29, 1.82) is 0 Å². The van der Waals surface area contributed by atoms with Crippen molar-refractivity contribution in [2.45, 2.75) is 12.8 Å². The van der Waals surface area contributed by atoms with Crippen molar-refractivity contribution < 1.29 is 4.43 Å². The van der Waals surface area contributed by atoms with Crippen molar-refractivity contribution in [2.24, 2.45) is 0 Å². The van der Waals surface area contributed by atoms with Crippen molar-refractivity contribution >= 4 is 32.0 Å². The first-order valence-corrected chi connectivity index (χ1v) is 6.98. The van der Waals surface area contributed by atoms with E-state index < -0.39 is 0 Å². The molecule has 2 heteroatoms. The van der Waals surface area contributed by atoms with Gasteiger partial charge in [-0.3, -0.25) is 0 Å². The molecule has 0 aromatic heterocycles. The van der Waals surface area contributed by atoms with Crippen LogP contribution >= 0.6 is 0 Å². The van der Waals surface area contributed by atoms with E-state index in [4.69, 9.17) is 4.43 Å². The van der Waals surface area contributed by atoms with Crippen molar-refractivity contribution in [3.63, 3.8) is 0 Å². The fourth-order valence-corrected chi connectivity index (χ4v) is 2.73. The lowest BCUT2D eigenvalue weighted by molar-refractivity contribution is 0.341. The fourth-order valence-electron chi connectivity index (χ4n) is 2.58. The van der Waals surface area contributed by atoms with Crippen LogP contribution in [0.1, 0.15) is 12.0 Å². The van der Waals surface area contributed by atoms with Crippen LogP contribution < -0.4 is 0 Å². The summed E-state index contributed by atoms with van der Waals surface area (Å²) in [5, 5.41) is 5.28. The van der Waals surface area contributed by atoms with Gasteiger partial charge in [-0.05, 0) is 52.1 Å². The standard InChI is InChI=1S/C17H15OSi/c19-18-10-4-9-13-7-3-8-16-11-14-5-1-2-6-15(14)12-17(13)16/h1-3,5-8,11-12H,4,9-10H2. The molecule has 0 saturated heterocycles. The molecule has 0 atom stereocenters. The second-order valence-corrected chi connectivity index (χ2v) is 5.08. The fraction of sp³-hybridized carbons (Fsp3) is 0.176. The van der Waals surface area contributed by atoms with E-state index >= 15 is 0 Å². The molecule has 0 fully saturated rings. The Morgan fingerprint density at radius 3 is 2.37 bits per heavy atom. The highest BCUT2D eigenvalue weighted by Gasteiger charge is 2.03. The molecule has 0 unspecified atom stereocenters. The number of benzene rings is 3. The third-order valence-electron chi connectivity index (χ3n) is 3.53. The van der Waals surface area contributed by atoms with Crippen LogP contribution in [0.25, 0.3) is 21.5 Å². The van der Waals surface area contributed by atoms with E-state index in [0.717, 1.165) is 19.4 Å². The summed E-state index contributed by atoms with van der Waals surface area (Å²) >= 11 is 0. The van der Waals surface area contributed by atoms with Gasteiger partial charge >= 0.3 is 0 Å². The normalized spacial score (nSPS) is 11.2. The summed E-state index contributed by atoms with van der Waals surface area (Å²) in [5.41, 5.74) is 1.40. The van der Waals surface area contributed by atoms with E-state index in [1.54, 1.807) is 0 Å². The zero-order chi connectivity index (χ0) is 13.1. The van der Waals surface area contributed by atoms with Gasteiger partial charge in [0.2, 0.25) is 10.5 Å². The molecule has 3 aromatic carbocycles. The highest BCUT2D eigenvalue weighted by atomic mass is 28.2. The molecule has 0 spiro atoms. The van der Waals surface area contributed by atoms with Gasteiger partial charge in [-0.25, -0.2) is 0 Å². The Balaban J connectivity index is 2.09. The molecule has 0 saturated carbocycles. The van der Waals surface area contributed by atoms with E-state index in [9.17, 15) is 0 Å². The van der Waals surface area contributed by atoms with E-state index in [1.165, 1.54) is 27.1 Å². The molecular formula is C17H15OSi. The predicted octanol–water partition coefficient (Wildman–Crippen LogP) is 4.03. The van der Waals surface area contributed by atoms with Crippen LogP contribution in [0.3, 0.4) is 0 Å². The number of hydrogen-bond acceptors (Lipinski definition) is 1. The Morgan fingerprint density at radius 2 is 1.58 bits per heavy atom. The topological polar surface area (TPSA) is 9.23 Å². The summed E-state index contributed by atoms with van der Waals surface area (Å²) in [7, 11) is 3.05. The quantitative estimate of drug-likeness (QED) is 0.392. The van der Waals surface area contributed by atoms with Crippen LogP contribution in [0.15, 0.2) is 54.6 Å². The molecule has 3 aromatic rings. The molecule has 0 bridgehead atoms. The smallest absolute Gasteiger partial charge is 0.246 e. The van der Waals surface area contributed by atoms with E-state index in [2.05, 4.69) is 65.1 Å². The van der Waals surface area contributed by atoms with Crippen LogP contribution in [-0.2, 0) is 10.8 Å². The van der Waals surface area contributed by atoms with E-state index in [-0.39, 0.29) is 0 Å². The van der Waals surface area contributed by atoms with Crippen LogP contribution in [0.4, 0.5) is 0 Å². The maximum Gasteiger partial charge on any atom is 0.246 e. The van der Waals surface area contributed by atoms with Gasteiger partial charge in [0.05, 0.1) is 0 Å². The SMILES string of the molecule is [Si]OCCCc1cccc2cc3ccccc3cc12. The van der Waals surface area contributed by atoms with Gasteiger partial charge in [-0.1, -0.05) is 42.5 Å². The molecule has 0 amide bonds. The summed E-state index contributed by atoms with van der Waals surface area (Å²) in [6, 6.07) is 19.6. The van der Waals surface area contributed by atoms with Crippen molar-refractivity contribution in [3.8, 4) is 0 Å². The van der Waals surface area contributed by atoms with Gasteiger partial charge < -0.3 is 4.43 Å². The largest absolute Gasteiger partial charge is 0.419 e. The summed E-state index contributed by atoms with van der Waals surface area (Å²) in [6.07, 6.45) is 2.07. The second kappa shape index (κ2) is 5.55. The summed E-state index contributed by atoms with van der Waals surface area (Å²) in [6.45, 7) is 0.737. The Labute approximate surface area is 116 Å². The summed E-state index contributed by atoms with van der Waals surface area (Å²) in [4.78, 5) is 0. The van der Waals surface area contributed by atoms with Crippen LogP contribution in [0, 0.1) is 0 Å². The monoisotopic (exact) mass is 263 g/mol. The average Bonchev–Trinajstić information content (AvgIpc) is 2.46. The molecular weight excluding hydrogens is 248 g/mol. The van der Waals surface area contributed by atoms with Gasteiger partial charge in [-0.15, -0.1) is 0 Å². The van der Waals surface area contributed by atoms with Crippen molar-refractivity contribution in [1.82, 2.24) is 0 Å². The molecule has 0 aliphatic rings. The first kappa shape index (κ1) is 12.4. The Hall–Kier alpha value is -1.64. The number of fused-ring (bicyclic) bond motifs is 2. The summed E-state index contributed by atoms with van der Waals surface area (Å²) in [5.74, 6) is 0. The Kier molecular flexibility index (Phi) is 3.62. The zero-order valence-corrected chi connectivity index (χ0v) is 11.7. The van der Waals surface area contributed by atoms with E-state index in [0.29, 0.717) is 0 Å². The lowest BCUT2D eigenvalue weighted by Crippen LogP contribution is -1.94. The molecule has 93 valence electrons. The lowest BCUT2D eigenvalue weighted by atomic mass is 9.97. The molecule has 0 aliphatic heterocycles. The highest BCUT2D eigenvalue weighted by molar-refractivity contribution is 5.99. The lowest BCUT2D eigenvalue weighted by Gasteiger charge is -2.08. The van der Waals surface area contributed by atoms with Gasteiger partial charge in [-0.2, -0.15) is 0 Å². The molecule has 0 N–H and O–H groups in total. The highest BCUT2D eigenvalue weighted by Crippen LogP contribution is 2.26. The van der Waals surface area contributed by atoms with Crippen LogP contribution in [0.5, 0.6) is 0 Å². The Morgan fingerprint density at radius 1 is 0.842 bits per heavy atom. The number of hydrogen-bond donors (Lipinski definition) is 0. The molecule has 0 aliphatic carbocycles. The molecule has 3 rings (SSSR count). The van der Waals surface area contributed by atoms with E-state index in [1.807, 2.05) is 0 Å². The third kappa shape index (κ3) is 2.55. The van der Waals surface area contributed by atoms with Gasteiger partial charge in [0.1, 0.15) is 0 Å². The van der Waals surface area contributed by atoms with Crippen LogP contribution in [-0.4, -0.2) is 17.1 Å². The zero-order valence-electron chi connectivity index (χ0n) is 10.7. The van der Waals surface area contributed by atoms with Gasteiger partial charge in [0, 0.05) is 6.61 Å². The van der Waals surface area contributed by atoms with Crippen molar-refractivity contribution in [2.75, 3.05) is 6.61 Å². The number of rotatable bonds is 4. The maximum absolute atomic E-state index is 4.95. The molecule has 3 radical (unpaired) electrons. The molecule has 0 heterocycles. The van der Waals surface area contributed by atoms with Crippen LogP contribution in [0.2, 0.25) is 0 Å².